The normalized spacial score (nSPS) is 32.1. The zero-order valence-electron chi connectivity index (χ0n) is 33.2. The molecule has 3 fully saturated rings. The third-order valence-electron chi connectivity index (χ3n) is 13.6. The molecule has 278 valence electrons. The van der Waals surface area contributed by atoms with E-state index in [2.05, 4.69) is 65.1 Å². The molecule has 6 unspecified atom stereocenters. The van der Waals surface area contributed by atoms with E-state index in [9.17, 15) is 14.4 Å². The van der Waals surface area contributed by atoms with Crippen LogP contribution < -0.4 is 14.8 Å². The molecule has 4 aliphatic rings. The van der Waals surface area contributed by atoms with E-state index in [4.69, 9.17) is 9.47 Å². The van der Waals surface area contributed by atoms with Gasteiger partial charge in [0.05, 0.1) is 5.25 Å². The number of fused-ring (bicyclic) bond motifs is 7. The molecule has 0 aliphatic heterocycles. The molecule has 6 nitrogen and oxygen atoms in total. The fraction of sp³-hybridized carbons (Fsp3) is 0.614. The minimum atomic E-state index is -0.452. The van der Waals surface area contributed by atoms with Crippen molar-refractivity contribution in [2.75, 3.05) is 5.32 Å². The number of carbonyl (C=O) groups excluding carboxylic acids is 3. The van der Waals surface area contributed by atoms with E-state index in [0.29, 0.717) is 40.1 Å². The third kappa shape index (κ3) is 7.05. The van der Waals surface area contributed by atoms with Gasteiger partial charge >= 0.3 is 11.9 Å². The Labute approximate surface area is 311 Å². The summed E-state index contributed by atoms with van der Waals surface area (Å²) in [7, 11) is 0. The quantitative estimate of drug-likeness (QED) is 0.182. The van der Waals surface area contributed by atoms with E-state index < -0.39 is 11.9 Å². The topological polar surface area (TPSA) is 81.7 Å². The van der Waals surface area contributed by atoms with E-state index in [-0.39, 0.29) is 22.0 Å². The van der Waals surface area contributed by atoms with Crippen LogP contribution in [0.4, 0.5) is 5.69 Å². The SMILES string of the molecule is CC.CC(=O)Nc1ccc(SC2C=C3C(C)(CCC4C5C[C@](C)(C(C)C)CCC5(C)CCC34C)c3cc(OC(C)=O)c(OC(C)=O)c(C)c32)cc1. The lowest BCUT2D eigenvalue weighted by Crippen LogP contribution is -2.57. The second kappa shape index (κ2) is 14.4. The lowest BCUT2D eigenvalue weighted by Gasteiger charge is -2.65. The van der Waals surface area contributed by atoms with Crippen molar-refractivity contribution in [3.8, 4) is 11.5 Å². The minimum Gasteiger partial charge on any atom is -0.423 e. The monoisotopic (exact) mass is 715 g/mol. The van der Waals surface area contributed by atoms with E-state index in [1.54, 1.807) is 11.8 Å². The zero-order valence-corrected chi connectivity index (χ0v) is 34.0. The van der Waals surface area contributed by atoms with Crippen LogP contribution in [0.2, 0.25) is 0 Å². The van der Waals surface area contributed by atoms with Crippen LogP contribution in [0, 0.1) is 40.9 Å². The Morgan fingerprint density at radius 2 is 1.49 bits per heavy atom. The summed E-state index contributed by atoms with van der Waals surface area (Å²) in [4.78, 5) is 37.5. The summed E-state index contributed by atoms with van der Waals surface area (Å²) in [6.45, 7) is 25.2. The average Bonchev–Trinajstić information content (AvgIpc) is 3.05. The van der Waals surface area contributed by atoms with Gasteiger partial charge in [0, 0.05) is 42.3 Å². The first-order valence-electron chi connectivity index (χ1n) is 19.2. The molecule has 0 heterocycles. The van der Waals surface area contributed by atoms with Crippen molar-refractivity contribution >= 4 is 35.3 Å². The van der Waals surface area contributed by atoms with Crippen LogP contribution in [0.3, 0.4) is 0 Å². The highest BCUT2D eigenvalue weighted by Crippen LogP contribution is 2.71. The molecule has 1 N–H and O–H groups in total. The number of benzene rings is 2. The van der Waals surface area contributed by atoms with Gasteiger partial charge in [-0.3, -0.25) is 14.4 Å². The molecule has 6 rings (SSSR count). The average molecular weight is 716 g/mol. The van der Waals surface area contributed by atoms with Gasteiger partial charge in [0.25, 0.3) is 0 Å². The standard InChI is InChI=1S/C42H55NO5S.C2H6/c1-24(2)40(8)18-17-39(7)19-20-42(10)31(33(39)23-40)15-16-41(9)32-21-34(47-27(5)45)38(48-28(6)46)25(3)37(32)35(22-36(41)42)49-30-13-11-29(12-14-30)43-26(4)44;1-2/h11-14,21-22,24,31,33,35H,15-20,23H2,1-10H3,(H,43,44);1-2H3/t31?,33?,35?,39?,40-,41?,42?;/m1./s1. The van der Waals surface area contributed by atoms with Crippen LogP contribution in [-0.2, 0) is 19.8 Å². The fourth-order valence-corrected chi connectivity index (χ4v) is 11.6. The van der Waals surface area contributed by atoms with Crippen LogP contribution in [0.5, 0.6) is 11.5 Å². The van der Waals surface area contributed by atoms with Gasteiger partial charge < -0.3 is 14.8 Å². The lowest BCUT2D eigenvalue weighted by atomic mass is 9.39. The predicted octanol–water partition coefficient (Wildman–Crippen LogP) is 11.5. The van der Waals surface area contributed by atoms with E-state index in [1.807, 2.05) is 39.0 Å². The molecule has 1 amide bonds. The highest BCUT2D eigenvalue weighted by atomic mass is 32.2. The predicted molar refractivity (Wildman–Crippen MR) is 208 cm³/mol. The van der Waals surface area contributed by atoms with Gasteiger partial charge in [-0.15, -0.1) is 11.8 Å². The number of rotatable bonds is 6. The van der Waals surface area contributed by atoms with Crippen LogP contribution >= 0.6 is 11.8 Å². The van der Waals surface area contributed by atoms with Gasteiger partial charge in [-0.2, -0.15) is 0 Å². The Bertz CT molecular complexity index is 1710. The molecular weight excluding hydrogens is 655 g/mol. The Morgan fingerprint density at radius 1 is 0.863 bits per heavy atom. The molecule has 7 heteroatoms. The van der Waals surface area contributed by atoms with Gasteiger partial charge in [-0.1, -0.05) is 67.0 Å². The Kier molecular flexibility index (Phi) is 11.1. The number of hydrogen-bond acceptors (Lipinski definition) is 6. The first-order chi connectivity index (χ1) is 23.9. The van der Waals surface area contributed by atoms with Gasteiger partial charge in [0.2, 0.25) is 5.91 Å². The molecular formula is C44H61NO5S. The largest absolute Gasteiger partial charge is 0.423 e. The summed E-state index contributed by atoms with van der Waals surface area (Å²) in [5.41, 5.74) is 5.92. The number of anilines is 1. The second-order valence-electron chi connectivity index (χ2n) is 17.0. The molecule has 0 saturated heterocycles. The van der Waals surface area contributed by atoms with Crippen LogP contribution in [-0.4, -0.2) is 17.8 Å². The number of nitrogens with one attached hydrogen (secondary N) is 1. The zero-order chi connectivity index (χ0) is 37.7. The number of esters is 2. The van der Waals surface area contributed by atoms with Gasteiger partial charge in [0.1, 0.15) is 0 Å². The molecule has 4 aliphatic carbocycles. The summed E-state index contributed by atoms with van der Waals surface area (Å²) in [6, 6.07) is 10.0. The molecule has 0 radical (unpaired) electrons. The van der Waals surface area contributed by atoms with Crippen molar-refractivity contribution in [3.63, 3.8) is 0 Å². The first kappa shape index (κ1) is 39.2. The molecule has 2 aromatic carbocycles. The summed E-state index contributed by atoms with van der Waals surface area (Å²) in [6.07, 6.45) is 11.1. The molecule has 0 aromatic heterocycles. The second-order valence-corrected chi connectivity index (χ2v) is 18.2. The highest BCUT2D eigenvalue weighted by Gasteiger charge is 2.61. The fourth-order valence-electron chi connectivity index (χ4n) is 10.4. The van der Waals surface area contributed by atoms with Crippen LogP contribution in [0.25, 0.3) is 0 Å². The summed E-state index contributed by atoms with van der Waals surface area (Å²) < 4.78 is 11.6. The van der Waals surface area contributed by atoms with Crippen molar-refractivity contribution in [3.05, 3.63) is 58.7 Å². The number of hydrogen-bond donors (Lipinski definition) is 1. The number of carbonyl (C=O) groups is 3. The molecule has 0 bridgehead atoms. The van der Waals surface area contributed by atoms with Crippen molar-refractivity contribution in [2.45, 2.75) is 144 Å². The number of amides is 1. The molecule has 51 heavy (non-hydrogen) atoms. The van der Waals surface area contributed by atoms with Gasteiger partial charge in [-0.05, 0) is 127 Å². The maximum atomic E-state index is 12.4. The third-order valence-corrected chi connectivity index (χ3v) is 14.8. The Hall–Kier alpha value is -3.06. The molecule has 0 spiro atoms. The Morgan fingerprint density at radius 3 is 2.08 bits per heavy atom. The summed E-state index contributed by atoms with van der Waals surface area (Å²) >= 11 is 1.78. The van der Waals surface area contributed by atoms with E-state index in [0.717, 1.165) is 34.6 Å². The van der Waals surface area contributed by atoms with Crippen molar-refractivity contribution in [1.29, 1.82) is 0 Å². The maximum Gasteiger partial charge on any atom is 0.308 e. The lowest BCUT2D eigenvalue weighted by molar-refractivity contribution is -0.134. The molecule has 3 saturated carbocycles. The van der Waals surface area contributed by atoms with Gasteiger partial charge in [-0.25, -0.2) is 0 Å². The number of allylic oxidation sites excluding steroid dienone is 1. The first-order valence-corrected chi connectivity index (χ1v) is 20.1. The smallest absolute Gasteiger partial charge is 0.308 e. The van der Waals surface area contributed by atoms with Crippen molar-refractivity contribution in [2.24, 2.45) is 34.0 Å². The van der Waals surface area contributed by atoms with E-state index >= 15 is 0 Å². The minimum absolute atomic E-state index is 0.0300. The Balaban J connectivity index is 0.00000248. The summed E-state index contributed by atoms with van der Waals surface area (Å²) in [5.74, 6) is 1.57. The van der Waals surface area contributed by atoms with Crippen LogP contribution in [0.1, 0.15) is 143 Å². The van der Waals surface area contributed by atoms with E-state index in [1.165, 1.54) is 64.0 Å². The molecule has 2 aromatic rings. The van der Waals surface area contributed by atoms with Crippen molar-refractivity contribution in [1.82, 2.24) is 0 Å². The summed E-state index contributed by atoms with van der Waals surface area (Å²) in [5, 5.41) is 2.82. The molecule has 7 atom stereocenters. The van der Waals surface area contributed by atoms with Crippen molar-refractivity contribution < 1.29 is 23.9 Å². The number of ether oxygens (including phenoxy) is 2. The maximum absolute atomic E-state index is 12.4. The highest BCUT2D eigenvalue weighted by molar-refractivity contribution is 7.99. The van der Waals surface area contributed by atoms with Gasteiger partial charge in [0.15, 0.2) is 11.5 Å². The van der Waals surface area contributed by atoms with Crippen LogP contribution in [0.15, 0.2) is 46.9 Å². The number of thioether (sulfide) groups is 1.